The maximum atomic E-state index is 6.93. The summed E-state index contributed by atoms with van der Waals surface area (Å²) in [5, 5.41) is 3.19. The van der Waals surface area contributed by atoms with E-state index >= 15 is 0 Å². The van der Waals surface area contributed by atoms with Crippen molar-refractivity contribution in [3.8, 4) is 0 Å². The third-order valence-electron chi connectivity index (χ3n) is 4.58. The number of allylic oxidation sites excluding steroid dienone is 5. The molecule has 2 aliphatic carbocycles. The van der Waals surface area contributed by atoms with Crippen LogP contribution in [0.15, 0.2) is 41.6 Å². The summed E-state index contributed by atoms with van der Waals surface area (Å²) in [4.78, 5) is 0. The first-order valence-electron chi connectivity index (χ1n) is 6.83. The Hall–Kier alpha value is 0.241. The molecule has 0 saturated carbocycles. The van der Waals surface area contributed by atoms with Crippen LogP contribution in [0.5, 0.6) is 0 Å². The van der Waals surface area contributed by atoms with Gasteiger partial charge in [0.25, 0.3) is 0 Å². The second kappa shape index (κ2) is 6.03. The maximum Gasteiger partial charge on any atom is -1.00 e. The summed E-state index contributed by atoms with van der Waals surface area (Å²) in [6, 6.07) is 7.92. The van der Waals surface area contributed by atoms with Crippen LogP contribution in [0, 0.1) is 0 Å². The van der Waals surface area contributed by atoms with Gasteiger partial charge in [-0.05, 0) is 0 Å². The summed E-state index contributed by atoms with van der Waals surface area (Å²) in [7, 11) is -1.67. The minimum Gasteiger partial charge on any atom is -1.00 e. The van der Waals surface area contributed by atoms with Gasteiger partial charge in [-0.15, -0.1) is 0 Å². The van der Waals surface area contributed by atoms with Crippen LogP contribution in [-0.4, -0.2) is 7.38 Å². The fourth-order valence-corrected chi connectivity index (χ4v) is 10.6. The second-order valence-electron chi connectivity index (χ2n) is 5.47. The van der Waals surface area contributed by atoms with Crippen molar-refractivity contribution in [2.45, 2.75) is 23.6 Å². The summed E-state index contributed by atoms with van der Waals surface area (Å²) in [5.74, 6) is 0. The smallest absolute Gasteiger partial charge is 1.00 e. The van der Waals surface area contributed by atoms with Gasteiger partial charge in [0.15, 0.2) is 0 Å². The zero-order valence-corrected chi connectivity index (χ0v) is 16.4. The summed E-state index contributed by atoms with van der Waals surface area (Å²) in [6.45, 7) is 2.25. The Bertz CT molecular complexity index is 693. The summed E-state index contributed by atoms with van der Waals surface area (Å²) < 4.78 is 0.559. The SMILES string of the molecule is CC[Si]1(Cl)C2=C1[CH]([Ti+2])c1cccc(C3=CC=CC3)c12.[Cl-].[Cl-]. The van der Waals surface area contributed by atoms with Crippen LogP contribution in [-0.2, 0) is 20.4 Å². The Morgan fingerprint density at radius 2 is 2.10 bits per heavy atom. The molecule has 1 aromatic rings. The molecule has 107 valence electrons. The van der Waals surface area contributed by atoms with Crippen LogP contribution < -0.4 is 24.8 Å². The number of hydrogen-bond donors (Lipinski definition) is 0. The molecule has 0 bridgehead atoms. The van der Waals surface area contributed by atoms with Gasteiger partial charge in [-0.2, -0.15) is 0 Å². The normalized spacial score (nSPS) is 27.6. The first kappa shape index (κ1) is 17.6. The largest absolute Gasteiger partial charge is 1.00 e. The van der Waals surface area contributed by atoms with Crippen molar-refractivity contribution in [2.24, 2.45) is 0 Å². The van der Waals surface area contributed by atoms with E-state index in [0.29, 0.717) is 4.22 Å². The Balaban J connectivity index is 0.000000807. The van der Waals surface area contributed by atoms with Gasteiger partial charge in [0, 0.05) is 0 Å². The van der Waals surface area contributed by atoms with E-state index in [2.05, 4.69) is 63.8 Å². The minimum absolute atomic E-state index is 0. The molecular weight excluding hydrogens is 374 g/mol. The van der Waals surface area contributed by atoms with Crippen LogP contribution in [0.2, 0.25) is 6.04 Å². The van der Waals surface area contributed by atoms with Crippen molar-refractivity contribution in [3.63, 3.8) is 0 Å². The second-order valence-corrected chi connectivity index (χ2v) is 11.7. The van der Waals surface area contributed by atoms with Crippen molar-refractivity contribution >= 4 is 29.2 Å². The molecule has 0 amide bonds. The fourth-order valence-electron chi connectivity index (χ4n) is 3.55. The van der Waals surface area contributed by atoms with Gasteiger partial charge in [0.1, 0.15) is 0 Å². The standard InChI is InChI=1S/C16H14ClSi.2ClH.Ti/c1-2-18(17)14-10-12-8-5-9-13(15(12)16(14)18)11-6-3-4-7-11;;;/h3-6,8-10H,2,7H2,1H3;2*1H;/q;;;+2/p-2. The summed E-state index contributed by atoms with van der Waals surface area (Å²) >= 11 is 9.26. The van der Waals surface area contributed by atoms with Gasteiger partial charge in [0.2, 0.25) is 0 Å². The number of hydrogen-bond acceptors (Lipinski definition) is 0. The molecule has 5 heteroatoms. The molecule has 1 aliphatic heterocycles. The maximum absolute atomic E-state index is 6.93. The van der Waals surface area contributed by atoms with Crippen molar-refractivity contribution in [2.75, 3.05) is 0 Å². The molecule has 1 heterocycles. The summed E-state index contributed by atoms with van der Waals surface area (Å²) in [6.07, 6.45) is 7.72. The molecule has 0 saturated heterocycles. The van der Waals surface area contributed by atoms with E-state index in [9.17, 15) is 0 Å². The molecule has 0 nitrogen and oxygen atoms in total. The van der Waals surface area contributed by atoms with Crippen LogP contribution in [0.1, 0.15) is 34.3 Å². The molecule has 4 rings (SSSR count). The molecular formula is C16H14Cl3SiTi. The van der Waals surface area contributed by atoms with E-state index < -0.39 is 7.38 Å². The van der Waals surface area contributed by atoms with Crippen LogP contribution in [0.25, 0.3) is 10.8 Å². The molecule has 0 aromatic heterocycles. The third-order valence-corrected chi connectivity index (χ3v) is 11.4. The Kier molecular flexibility index (Phi) is 5.05. The first-order valence-corrected chi connectivity index (χ1v) is 10.9. The van der Waals surface area contributed by atoms with Crippen LogP contribution >= 0.6 is 11.1 Å². The van der Waals surface area contributed by atoms with Gasteiger partial charge >= 0.3 is 132 Å². The quantitative estimate of drug-likeness (QED) is 0.436. The van der Waals surface area contributed by atoms with Crippen LogP contribution in [0.3, 0.4) is 0 Å². The zero-order valence-electron chi connectivity index (χ0n) is 11.6. The molecule has 3 aliphatic rings. The Labute approximate surface area is 155 Å². The topological polar surface area (TPSA) is 0 Å². The predicted octanol–water partition coefficient (Wildman–Crippen LogP) is -1.31. The van der Waals surface area contributed by atoms with E-state index in [4.69, 9.17) is 11.1 Å². The molecule has 0 N–H and O–H groups in total. The average molecular weight is 389 g/mol. The predicted molar refractivity (Wildman–Crippen MR) is 79.9 cm³/mol. The molecule has 2 atom stereocenters. The van der Waals surface area contributed by atoms with Crippen molar-refractivity contribution in [3.05, 3.63) is 58.3 Å². The molecule has 0 spiro atoms. The van der Waals surface area contributed by atoms with E-state index in [1.54, 1.807) is 10.4 Å². The van der Waals surface area contributed by atoms with Gasteiger partial charge in [-0.25, -0.2) is 0 Å². The molecule has 0 fully saturated rings. The van der Waals surface area contributed by atoms with E-state index in [0.717, 1.165) is 12.5 Å². The van der Waals surface area contributed by atoms with E-state index in [1.165, 1.54) is 22.3 Å². The number of rotatable bonds is 2. The fraction of sp³-hybridized carbons (Fsp3) is 0.250. The van der Waals surface area contributed by atoms with Crippen molar-refractivity contribution in [1.29, 1.82) is 0 Å². The molecule has 2 unspecified atom stereocenters. The zero-order chi connectivity index (χ0) is 13.2. The summed E-state index contributed by atoms with van der Waals surface area (Å²) in [5.41, 5.74) is 5.90. The van der Waals surface area contributed by atoms with Gasteiger partial charge in [-0.3, -0.25) is 0 Å². The van der Waals surface area contributed by atoms with Crippen molar-refractivity contribution < 1.29 is 45.2 Å². The van der Waals surface area contributed by atoms with Gasteiger partial charge in [-0.1, -0.05) is 0 Å². The Morgan fingerprint density at radius 3 is 2.71 bits per heavy atom. The van der Waals surface area contributed by atoms with E-state index in [1.807, 2.05) is 0 Å². The van der Waals surface area contributed by atoms with Crippen molar-refractivity contribution in [1.82, 2.24) is 0 Å². The molecule has 21 heavy (non-hydrogen) atoms. The molecule has 0 radical (unpaired) electrons. The first-order chi connectivity index (χ1) is 9.18. The minimum atomic E-state index is -1.67. The average Bonchev–Trinajstić information content (AvgIpc) is 2.81. The third kappa shape index (κ3) is 2.29. The van der Waals surface area contributed by atoms with Crippen LogP contribution in [0.4, 0.5) is 0 Å². The van der Waals surface area contributed by atoms with Gasteiger partial charge < -0.3 is 24.8 Å². The number of halogens is 3. The number of fused-ring (bicyclic) bond motifs is 2. The monoisotopic (exact) mass is 387 g/mol. The van der Waals surface area contributed by atoms with E-state index in [-0.39, 0.29) is 24.8 Å². The Morgan fingerprint density at radius 1 is 1.33 bits per heavy atom. The molecule has 1 aromatic carbocycles. The van der Waals surface area contributed by atoms with Gasteiger partial charge in [0.05, 0.1) is 0 Å². The number of benzene rings is 1.